The first-order valence-electron chi connectivity index (χ1n) is 5.21. The molecule has 0 spiro atoms. The van der Waals surface area contributed by atoms with E-state index >= 15 is 0 Å². The van der Waals surface area contributed by atoms with Crippen molar-refractivity contribution in [3.8, 4) is 0 Å². The molecule has 2 N–H and O–H groups in total. The van der Waals surface area contributed by atoms with Crippen LogP contribution in [0.5, 0.6) is 0 Å². The fraction of sp³-hybridized carbons (Fsp3) is 0.900. The van der Waals surface area contributed by atoms with E-state index in [9.17, 15) is 4.79 Å². The average molecular weight is 184 g/mol. The fourth-order valence-corrected chi connectivity index (χ4v) is 1.53. The number of carbonyl (C=O) groups excluding carboxylic acids is 1. The first-order chi connectivity index (χ1) is 6.20. The van der Waals surface area contributed by atoms with Crippen molar-refractivity contribution in [1.82, 2.24) is 10.6 Å². The molecule has 1 aliphatic rings. The topological polar surface area (TPSA) is 41.1 Å². The van der Waals surface area contributed by atoms with E-state index in [0.29, 0.717) is 6.04 Å². The largest absolute Gasteiger partial charge is 0.354 e. The van der Waals surface area contributed by atoms with Crippen LogP contribution < -0.4 is 10.6 Å². The Morgan fingerprint density at radius 2 is 2.31 bits per heavy atom. The fourth-order valence-electron chi connectivity index (χ4n) is 1.53. The number of amides is 1. The molecule has 3 nitrogen and oxygen atoms in total. The maximum Gasteiger partial charge on any atom is 0.222 e. The maximum atomic E-state index is 11.2. The summed E-state index contributed by atoms with van der Waals surface area (Å²) in [6.45, 7) is 5.73. The number of piperidine rings is 1. The molecular weight excluding hydrogens is 164 g/mol. The molecule has 1 atom stereocenters. The lowest BCUT2D eigenvalue weighted by molar-refractivity contribution is -0.124. The minimum atomic E-state index is 0.101. The predicted molar refractivity (Wildman–Crippen MR) is 53.5 cm³/mol. The molecule has 1 amide bonds. The Morgan fingerprint density at radius 1 is 1.54 bits per heavy atom. The number of hydrogen-bond acceptors (Lipinski definition) is 2. The molecule has 0 aromatic heterocycles. The second kappa shape index (κ2) is 5.22. The molecular formula is C10H20N2O. The van der Waals surface area contributed by atoms with Crippen molar-refractivity contribution in [2.24, 2.45) is 5.92 Å². The van der Waals surface area contributed by atoms with Gasteiger partial charge in [0.15, 0.2) is 0 Å². The first-order valence-corrected chi connectivity index (χ1v) is 5.21. The standard InChI is InChI=1S/C10H20N2O/c1-8(2)10(13)12-7-9-5-3-4-6-11-9/h8-9,11H,3-7H2,1-2H3,(H,12,13). The Hall–Kier alpha value is -0.570. The molecule has 0 aliphatic carbocycles. The van der Waals surface area contributed by atoms with Gasteiger partial charge in [-0.15, -0.1) is 0 Å². The molecule has 76 valence electrons. The van der Waals surface area contributed by atoms with Crippen LogP contribution in [0, 0.1) is 5.92 Å². The van der Waals surface area contributed by atoms with Crippen molar-refractivity contribution in [2.75, 3.05) is 13.1 Å². The van der Waals surface area contributed by atoms with Crippen LogP contribution in [-0.4, -0.2) is 25.0 Å². The molecule has 0 aromatic rings. The molecule has 1 heterocycles. The lowest BCUT2D eigenvalue weighted by atomic mass is 10.0. The second-order valence-corrected chi connectivity index (χ2v) is 4.05. The Balaban J connectivity index is 2.13. The van der Waals surface area contributed by atoms with Crippen molar-refractivity contribution < 1.29 is 4.79 Å². The molecule has 1 aliphatic heterocycles. The van der Waals surface area contributed by atoms with Crippen LogP contribution in [0.15, 0.2) is 0 Å². The van der Waals surface area contributed by atoms with Gasteiger partial charge in [-0.1, -0.05) is 20.3 Å². The van der Waals surface area contributed by atoms with Crippen molar-refractivity contribution in [3.63, 3.8) is 0 Å². The van der Waals surface area contributed by atoms with Crippen molar-refractivity contribution in [1.29, 1.82) is 0 Å². The predicted octanol–water partition coefficient (Wildman–Crippen LogP) is 0.901. The van der Waals surface area contributed by atoms with Gasteiger partial charge >= 0.3 is 0 Å². The molecule has 1 unspecified atom stereocenters. The van der Waals surface area contributed by atoms with Crippen LogP contribution >= 0.6 is 0 Å². The van der Waals surface area contributed by atoms with Gasteiger partial charge < -0.3 is 10.6 Å². The maximum absolute atomic E-state index is 11.2. The van der Waals surface area contributed by atoms with Gasteiger partial charge in [0.1, 0.15) is 0 Å². The van der Waals surface area contributed by atoms with Gasteiger partial charge in [0.2, 0.25) is 5.91 Å². The summed E-state index contributed by atoms with van der Waals surface area (Å²) in [5.74, 6) is 0.260. The van der Waals surface area contributed by atoms with Crippen LogP contribution in [-0.2, 0) is 4.79 Å². The molecule has 1 rings (SSSR count). The smallest absolute Gasteiger partial charge is 0.222 e. The van der Waals surface area contributed by atoms with Gasteiger partial charge in [0.25, 0.3) is 0 Å². The monoisotopic (exact) mass is 184 g/mol. The summed E-state index contributed by atoms with van der Waals surface area (Å²) in [7, 11) is 0. The summed E-state index contributed by atoms with van der Waals surface area (Å²) in [5.41, 5.74) is 0. The van der Waals surface area contributed by atoms with Crippen molar-refractivity contribution in [3.05, 3.63) is 0 Å². The summed E-state index contributed by atoms with van der Waals surface area (Å²) in [5, 5.41) is 6.35. The summed E-state index contributed by atoms with van der Waals surface area (Å²) in [6, 6.07) is 0.497. The van der Waals surface area contributed by atoms with E-state index in [0.717, 1.165) is 13.1 Å². The zero-order chi connectivity index (χ0) is 9.68. The lowest BCUT2D eigenvalue weighted by Gasteiger charge is -2.23. The molecule has 13 heavy (non-hydrogen) atoms. The molecule has 0 bridgehead atoms. The third kappa shape index (κ3) is 3.77. The van der Waals surface area contributed by atoms with Crippen LogP contribution in [0.1, 0.15) is 33.1 Å². The molecule has 1 saturated heterocycles. The van der Waals surface area contributed by atoms with E-state index < -0.39 is 0 Å². The van der Waals surface area contributed by atoms with Crippen molar-refractivity contribution in [2.45, 2.75) is 39.2 Å². The number of nitrogens with one attached hydrogen (secondary N) is 2. The van der Waals surface area contributed by atoms with E-state index in [1.165, 1.54) is 19.3 Å². The number of rotatable bonds is 3. The highest BCUT2D eigenvalue weighted by Gasteiger charge is 2.14. The summed E-state index contributed by atoms with van der Waals surface area (Å²) >= 11 is 0. The third-order valence-electron chi connectivity index (χ3n) is 2.46. The van der Waals surface area contributed by atoms with Gasteiger partial charge in [0, 0.05) is 18.5 Å². The first kappa shape index (κ1) is 10.5. The van der Waals surface area contributed by atoms with Crippen LogP contribution in [0.4, 0.5) is 0 Å². The molecule has 1 fully saturated rings. The number of carbonyl (C=O) groups is 1. The molecule has 0 radical (unpaired) electrons. The Bertz CT molecular complexity index is 162. The van der Waals surface area contributed by atoms with E-state index in [4.69, 9.17) is 0 Å². The third-order valence-corrected chi connectivity index (χ3v) is 2.46. The summed E-state index contributed by atoms with van der Waals surface area (Å²) in [6.07, 6.45) is 3.75. The van der Waals surface area contributed by atoms with Gasteiger partial charge in [-0.2, -0.15) is 0 Å². The summed E-state index contributed by atoms with van der Waals surface area (Å²) in [4.78, 5) is 11.2. The van der Waals surface area contributed by atoms with Crippen LogP contribution in [0.25, 0.3) is 0 Å². The zero-order valence-corrected chi connectivity index (χ0v) is 8.60. The second-order valence-electron chi connectivity index (χ2n) is 4.05. The zero-order valence-electron chi connectivity index (χ0n) is 8.60. The Morgan fingerprint density at radius 3 is 2.85 bits per heavy atom. The average Bonchev–Trinajstić information content (AvgIpc) is 2.15. The van der Waals surface area contributed by atoms with Gasteiger partial charge in [-0.3, -0.25) is 4.79 Å². The van der Waals surface area contributed by atoms with Crippen molar-refractivity contribution >= 4 is 5.91 Å². The minimum absolute atomic E-state index is 0.101. The molecule has 0 saturated carbocycles. The Kier molecular flexibility index (Phi) is 4.22. The normalized spacial score (nSPS) is 23.2. The SMILES string of the molecule is CC(C)C(=O)NCC1CCCCN1. The minimum Gasteiger partial charge on any atom is -0.354 e. The van der Waals surface area contributed by atoms with Gasteiger partial charge in [0.05, 0.1) is 0 Å². The van der Waals surface area contributed by atoms with Gasteiger partial charge in [-0.25, -0.2) is 0 Å². The van der Waals surface area contributed by atoms with Crippen LogP contribution in [0.2, 0.25) is 0 Å². The number of hydrogen-bond donors (Lipinski definition) is 2. The quantitative estimate of drug-likeness (QED) is 0.684. The van der Waals surface area contributed by atoms with E-state index in [2.05, 4.69) is 10.6 Å². The highest BCUT2D eigenvalue weighted by atomic mass is 16.1. The molecule has 3 heteroatoms. The highest BCUT2D eigenvalue weighted by molar-refractivity contribution is 5.77. The Labute approximate surface area is 80.3 Å². The lowest BCUT2D eigenvalue weighted by Crippen LogP contribution is -2.44. The van der Waals surface area contributed by atoms with Gasteiger partial charge in [-0.05, 0) is 19.4 Å². The van der Waals surface area contributed by atoms with E-state index in [1.807, 2.05) is 13.8 Å². The van der Waals surface area contributed by atoms with Crippen LogP contribution in [0.3, 0.4) is 0 Å². The molecule has 0 aromatic carbocycles. The summed E-state index contributed by atoms with van der Waals surface area (Å²) < 4.78 is 0. The highest BCUT2D eigenvalue weighted by Crippen LogP contribution is 2.05. The van der Waals surface area contributed by atoms with E-state index in [-0.39, 0.29) is 11.8 Å². The van der Waals surface area contributed by atoms with E-state index in [1.54, 1.807) is 0 Å².